The highest BCUT2D eigenvalue weighted by molar-refractivity contribution is 6.31. The summed E-state index contributed by atoms with van der Waals surface area (Å²) in [6.45, 7) is 7.05. The number of piperazine rings is 1. The third kappa shape index (κ3) is 3.22. The lowest BCUT2D eigenvalue weighted by atomic mass is 10.2. The molecule has 4 rings (SSSR count). The van der Waals surface area contributed by atoms with Crippen molar-refractivity contribution >= 4 is 28.7 Å². The van der Waals surface area contributed by atoms with Gasteiger partial charge >= 0.3 is 5.69 Å². The smallest absolute Gasteiger partial charge is 0.329 e. The van der Waals surface area contributed by atoms with Crippen molar-refractivity contribution in [3.05, 3.63) is 55.7 Å². The van der Waals surface area contributed by atoms with Gasteiger partial charge in [-0.25, -0.2) is 4.79 Å². The summed E-state index contributed by atoms with van der Waals surface area (Å²) in [5.41, 5.74) is 0.757. The maximum atomic E-state index is 12.7. The van der Waals surface area contributed by atoms with Crippen LogP contribution in [-0.2, 0) is 13.6 Å². The molecular weight excluding hydrogens is 380 g/mol. The van der Waals surface area contributed by atoms with E-state index in [1.807, 2.05) is 28.8 Å². The Bertz CT molecular complexity index is 1120. The Morgan fingerprint density at radius 2 is 1.86 bits per heavy atom. The molecule has 0 bridgehead atoms. The Balaban J connectivity index is 1.87. The number of hydrogen-bond donors (Lipinski definition) is 1. The topological polar surface area (TPSA) is 79.2 Å². The number of imidazole rings is 1. The Morgan fingerprint density at radius 1 is 1.14 bits per heavy atom. The van der Waals surface area contributed by atoms with Crippen LogP contribution in [0.1, 0.15) is 12.5 Å². The molecule has 3 aromatic rings. The predicted octanol–water partition coefficient (Wildman–Crippen LogP) is 1.27. The zero-order chi connectivity index (χ0) is 19.8. The second-order valence-corrected chi connectivity index (χ2v) is 7.41. The van der Waals surface area contributed by atoms with E-state index >= 15 is 0 Å². The molecule has 1 aliphatic heterocycles. The first-order chi connectivity index (χ1) is 13.5. The molecule has 2 aromatic heterocycles. The van der Waals surface area contributed by atoms with E-state index in [4.69, 9.17) is 16.6 Å². The molecule has 0 unspecified atom stereocenters. The maximum Gasteiger partial charge on any atom is 0.329 e. The number of likely N-dealkylation sites (N-methyl/N-ethyl adjacent to an activating group) is 1. The van der Waals surface area contributed by atoms with Crippen LogP contribution in [0, 0.1) is 0 Å². The largest absolute Gasteiger partial charge is 0.340 e. The molecule has 1 N–H and O–H groups in total. The fraction of sp³-hybridized carbons (Fsp3) is 0.421. The van der Waals surface area contributed by atoms with Crippen molar-refractivity contribution in [1.82, 2.24) is 24.0 Å². The number of aromatic nitrogens is 4. The quantitative estimate of drug-likeness (QED) is 0.711. The summed E-state index contributed by atoms with van der Waals surface area (Å²) in [5, 5.41) is 0.632. The third-order valence-electron chi connectivity index (χ3n) is 5.38. The van der Waals surface area contributed by atoms with Crippen molar-refractivity contribution in [2.75, 3.05) is 37.6 Å². The molecule has 1 aliphatic rings. The molecule has 3 heterocycles. The van der Waals surface area contributed by atoms with Gasteiger partial charge < -0.3 is 9.80 Å². The summed E-state index contributed by atoms with van der Waals surface area (Å²) in [5.74, 6) is 0.692. The summed E-state index contributed by atoms with van der Waals surface area (Å²) < 4.78 is 3.25. The Kier molecular flexibility index (Phi) is 4.99. The Labute approximate surface area is 167 Å². The molecule has 0 radical (unpaired) electrons. The highest BCUT2D eigenvalue weighted by atomic mass is 35.5. The maximum absolute atomic E-state index is 12.7. The molecule has 28 heavy (non-hydrogen) atoms. The van der Waals surface area contributed by atoms with Gasteiger partial charge in [-0.05, 0) is 18.2 Å². The standard InChI is InChI=1S/C19H23ClN6O2/c1-3-24-8-10-25(11-9-24)18-21-16-15(17(27)22-19(28)23(16)2)26(18)12-13-6-4-5-7-14(13)20/h4-7H,3,8-12H2,1-2H3,(H,22,27,28). The van der Waals surface area contributed by atoms with Crippen LogP contribution in [0.3, 0.4) is 0 Å². The average Bonchev–Trinajstić information content (AvgIpc) is 3.08. The van der Waals surface area contributed by atoms with E-state index in [2.05, 4.69) is 21.7 Å². The lowest BCUT2D eigenvalue weighted by Crippen LogP contribution is -2.47. The van der Waals surface area contributed by atoms with Gasteiger partial charge in [-0.3, -0.25) is 18.9 Å². The Hall–Kier alpha value is -2.58. The molecule has 9 heteroatoms. The van der Waals surface area contributed by atoms with Crippen LogP contribution in [-0.4, -0.2) is 56.7 Å². The molecule has 148 valence electrons. The number of nitrogens with zero attached hydrogens (tertiary/aromatic N) is 5. The average molecular weight is 403 g/mol. The van der Waals surface area contributed by atoms with Gasteiger partial charge in [0, 0.05) is 38.2 Å². The third-order valence-corrected chi connectivity index (χ3v) is 5.74. The summed E-state index contributed by atoms with van der Waals surface area (Å²) >= 11 is 6.37. The minimum absolute atomic E-state index is 0.383. The van der Waals surface area contributed by atoms with Gasteiger partial charge in [0.15, 0.2) is 11.2 Å². The van der Waals surface area contributed by atoms with E-state index in [-0.39, 0.29) is 0 Å². The van der Waals surface area contributed by atoms with Gasteiger partial charge in [-0.2, -0.15) is 4.98 Å². The lowest BCUT2D eigenvalue weighted by Gasteiger charge is -2.34. The second kappa shape index (κ2) is 7.44. The number of aryl methyl sites for hydroxylation is 1. The van der Waals surface area contributed by atoms with E-state index in [0.717, 1.165) is 38.3 Å². The number of hydrogen-bond acceptors (Lipinski definition) is 5. The van der Waals surface area contributed by atoms with Crippen LogP contribution < -0.4 is 16.1 Å². The number of aromatic amines is 1. The first kappa shape index (κ1) is 18.8. The number of anilines is 1. The highest BCUT2D eigenvalue weighted by Gasteiger charge is 2.24. The number of benzene rings is 1. The van der Waals surface area contributed by atoms with Crippen molar-refractivity contribution < 1.29 is 0 Å². The lowest BCUT2D eigenvalue weighted by molar-refractivity contribution is 0.269. The summed E-state index contributed by atoms with van der Waals surface area (Å²) in [6.07, 6.45) is 0. The molecule has 0 amide bonds. The number of rotatable bonds is 4. The van der Waals surface area contributed by atoms with Gasteiger partial charge in [-0.15, -0.1) is 0 Å². The number of fused-ring (bicyclic) bond motifs is 1. The predicted molar refractivity (Wildman–Crippen MR) is 110 cm³/mol. The van der Waals surface area contributed by atoms with E-state index in [1.54, 1.807) is 7.05 Å². The SMILES string of the molecule is CCN1CCN(c2nc3c(c(=O)[nH]c(=O)n3C)n2Cc2ccccc2Cl)CC1. The number of halogens is 1. The van der Waals surface area contributed by atoms with Crippen LogP contribution in [0.25, 0.3) is 11.2 Å². The van der Waals surface area contributed by atoms with Gasteiger partial charge in [0.1, 0.15) is 0 Å². The molecule has 0 spiro atoms. The number of nitrogens with one attached hydrogen (secondary N) is 1. The van der Waals surface area contributed by atoms with Crippen LogP contribution in [0.5, 0.6) is 0 Å². The van der Waals surface area contributed by atoms with Crippen LogP contribution >= 0.6 is 11.6 Å². The molecular formula is C19H23ClN6O2. The summed E-state index contributed by atoms with van der Waals surface area (Å²) in [6, 6.07) is 7.55. The highest BCUT2D eigenvalue weighted by Crippen LogP contribution is 2.24. The first-order valence-electron chi connectivity index (χ1n) is 9.40. The minimum Gasteiger partial charge on any atom is -0.340 e. The summed E-state index contributed by atoms with van der Waals surface area (Å²) in [7, 11) is 1.62. The van der Waals surface area contributed by atoms with Crippen molar-refractivity contribution in [1.29, 1.82) is 0 Å². The molecule has 1 saturated heterocycles. The van der Waals surface area contributed by atoms with Gasteiger partial charge in [0.25, 0.3) is 5.56 Å². The first-order valence-corrected chi connectivity index (χ1v) is 9.77. The number of H-pyrrole nitrogens is 1. The molecule has 1 aromatic carbocycles. The Morgan fingerprint density at radius 3 is 2.54 bits per heavy atom. The van der Waals surface area contributed by atoms with Gasteiger partial charge in [0.2, 0.25) is 5.95 Å². The molecule has 1 fully saturated rings. The second-order valence-electron chi connectivity index (χ2n) is 7.00. The van der Waals surface area contributed by atoms with Gasteiger partial charge in [-0.1, -0.05) is 36.7 Å². The summed E-state index contributed by atoms with van der Waals surface area (Å²) in [4.78, 5) is 36.4. The van der Waals surface area contributed by atoms with E-state index in [1.165, 1.54) is 4.57 Å². The van der Waals surface area contributed by atoms with Crippen molar-refractivity contribution in [3.63, 3.8) is 0 Å². The van der Waals surface area contributed by atoms with Crippen LogP contribution in [0.2, 0.25) is 5.02 Å². The van der Waals surface area contributed by atoms with Crippen LogP contribution in [0.4, 0.5) is 5.95 Å². The van der Waals surface area contributed by atoms with E-state index in [0.29, 0.717) is 28.7 Å². The van der Waals surface area contributed by atoms with E-state index < -0.39 is 11.2 Å². The molecule has 0 aliphatic carbocycles. The fourth-order valence-corrected chi connectivity index (χ4v) is 3.87. The van der Waals surface area contributed by atoms with Crippen molar-refractivity contribution in [2.24, 2.45) is 7.05 Å². The molecule has 0 atom stereocenters. The normalized spacial score (nSPS) is 15.5. The van der Waals surface area contributed by atoms with E-state index in [9.17, 15) is 9.59 Å². The van der Waals surface area contributed by atoms with Crippen molar-refractivity contribution in [3.8, 4) is 0 Å². The zero-order valence-corrected chi connectivity index (χ0v) is 16.7. The molecule has 8 nitrogen and oxygen atoms in total. The van der Waals surface area contributed by atoms with Crippen molar-refractivity contribution in [2.45, 2.75) is 13.5 Å². The fourth-order valence-electron chi connectivity index (χ4n) is 3.68. The zero-order valence-electron chi connectivity index (χ0n) is 16.0. The monoisotopic (exact) mass is 402 g/mol. The minimum atomic E-state index is -0.470. The molecule has 0 saturated carbocycles. The van der Waals surface area contributed by atoms with Crippen LogP contribution in [0.15, 0.2) is 33.9 Å². The van der Waals surface area contributed by atoms with Gasteiger partial charge in [0.05, 0.1) is 6.54 Å².